The van der Waals surface area contributed by atoms with Crippen molar-refractivity contribution in [1.82, 2.24) is 10.2 Å². The Hall–Kier alpha value is -1.76. The number of carboxylic acids is 1. The van der Waals surface area contributed by atoms with E-state index < -0.39 is 5.97 Å². The monoisotopic (exact) mass is 296 g/mol. The average Bonchev–Trinajstić information content (AvgIpc) is 2.92. The molecular formula is C13H16N2O4S. The third-order valence-corrected chi connectivity index (χ3v) is 3.84. The zero-order valence-corrected chi connectivity index (χ0v) is 12.4. The molecule has 0 radical (unpaired) electrons. The van der Waals surface area contributed by atoms with E-state index in [9.17, 15) is 4.79 Å². The van der Waals surface area contributed by atoms with Crippen LogP contribution in [0.2, 0.25) is 0 Å². The number of rotatable bonds is 6. The quantitative estimate of drug-likeness (QED) is 0.876. The van der Waals surface area contributed by atoms with E-state index in [1.165, 1.54) is 11.8 Å². The van der Waals surface area contributed by atoms with Crippen LogP contribution in [-0.2, 0) is 10.5 Å². The minimum Gasteiger partial charge on any atom is -0.481 e. The summed E-state index contributed by atoms with van der Waals surface area (Å²) in [4.78, 5) is 10.6. The number of aryl methyl sites for hydroxylation is 2. The van der Waals surface area contributed by atoms with Crippen LogP contribution in [0.15, 0.2) is 14.9 Å². The Balaban J connectivity index is 1.99. The first-order chi connectivity index (χ1) is 9.45. The van der Waals surface area contributed by atoms with Crippen molar-refractivity contribution in [2.45, 2.75) is 38.2 Å². The second kappa shape index (κ2) is 6.13. The zero-order chi connectivity index (χ0) is 14.7. The summed E-state index contributed by atoms with van der Waals surface area (Å²) < 4.78 is 11.0. The van der Waals surface area contributed by atoms with Gasteiger partial charge in [-0.15, -0.1) is 22.0 Å². The fourth-order valence-electron chi connectivity index (χ4n) is 1.78. The van der Waals surface area contributed by atoms with Gasteiger partial charge in [0, 0.05) is 5.25 Å². The van der Waals surface area contributed by atoms with Gasteiger partial charge in [-0.05, 0) is 19.9 Å². The fraction of sp³-hybridized carbons (Fsp3) is 0.462. The van der Waals surface area contributed by atoms with E-state index >= 15 is 0 Å². The Morgan fingerprint density at radius 1 is 1.40 bits per heavy atom. The van der Waals surface area contributed by atoms with Gasteiger partial charge in [0.05, 0.1) is 17.7 Å². The maximum atomic E-state index is 10.6. The zero-order valence-electron chi connectivity index (χ0n) is 11.5. The van der Waals surface area contributed by atoms with Gasteiger partial charge < -0.3 is 13.9 Å². The molecule has 0 aliphatic rings. The number of aromatic nitrogens is 2. The average molecular weight is 296 g/mol. The molecule has 2 heterocycles. The first-order valence-electron chi connectivity index (χ1n) is 6.19. The molecule has 0 saturated carbocycles. The van der Waals surface area contributed by atoms with Crippen molar-refractivity contribution in [3.05, 3.63) is 23.5 Å². The molecule has 0 bridgehead atoms. The van der Waals surface area contributed by atoms with Crippen LogP contribution in [0.25, 0.3) is 11.5 Å². The third kappa shape index (κ3) is 3.63. The molecule has 0 amide bonds. The second-order valence-corrected chi connectivity index (χ2v) is 5.97. The highest BCUT2D eigenvalue weighted by atomic mass is 32.2. The molecule has 1 unspecified atom stereocenters. The molecule has 0 aliphatic carbocycles. The van der Waals surface area contributed by atoms with Gasteiger partial charge in [0.15, 0.2) is 0 Å². The summed E-state index contributed by atoms with van der Waals surface area (Å²) in [5.74, 6) is 2.14. The lowest BCUT2D eigenvalue weighted by molar-refractivity contribution is -0.136. The number of hydrogen-bond acceptors (Lipinski definition) is 6. The minimum absolute atomic E-state index is 0.000700. The van der Waals surface area contributed by atoms with Crippen LogP contribution < -0.4 is 0 Å². The summed E-state index contributed by atoms with van der Waals surface area (Å²) in [7, 11) is 0. The van der Waals surface area contributed by atoms with Crippen LogP contribution in [0.1, 0.15) is 30.8 Å². The predicted molar refractivity (Wildman–Crippen MR) is 74.5 cm³/mol. The van der Waals surface area contributed by atoms with Crippen molar-refractivity contribution in [2.75, 3.05) is 0 Å². The van der Waals surface area contributed by atoms with Gasteiger partial charge in [0.1, 0.15) is 11.5 Å². The van der Waals surface area contributed by atoms with Gasteiger partial charge in [-0.3, -0.25) is 4.79 Å². The van der Waals surface area contributed by atoms with Gasteiger partial charge in [-0.25, -0.2) is 0 Å². The molecule has 7 heteroatoms. The van der Waals surface area contributed by atoms with Crippen LogP contribution in [-0.4, -0.2) is 26.5 Å². The maximum Gasteiger partial charge on any atom is 0.304 e. The Morgan fingerprint density at radius 3 is 2.75 bits per heavy atom. The van der Waals surface area contributed by atoms with E-state index in [0.29, 0.717) is 17.5 Å². The molecule has 0 aromatic carbocycles. The van der Waals surface area contributed by atoms with Gasteiger partial charge in [0.25, 0.3) is 5.89 Å². The maximum absolute atomic E-state index is 10.6. The van der Waals surface area contributed by atoms with Gasteiger partial charge in [-0.2, -0.15) is 0 Å². The van der Waals surface area contributed by atoms with Crippen LogP contribution >= 0.6 is 11.8 Å². The first-order valence-corrected chi connectivity index (χ1v) is 7.23. The van der Waals surface area contributed by atoms with Gasteiger partial charge in [0.2, 0.25) is 5.89 Å². The summed E-state index contributed by atoms with van der Waals surface area (Å²) in [5.41, 5.74) is 0.796. The number of carbonyl (C=O) groups is 1. The number of hydrogen-bond donors (Lipinski definition) is 1. The molecule has 2 rings (SSSR count). The lowest BCUT2D eigenvalue weighted by Gasteiger charge is -2.05. The van der Waals surface area contributed by atoms with Crippen molar-refractivity contribution in [3.8, 4) is 11.5 Å². The Morgan fingerprint density at radius 2 is 2.15 bits per heavy atom. The first kappa shape index (κ1) is 14.6. The summed E-state index contributed by atoms with van der Waals surface area (Å²) in [6.07, 6.45) is 0.117. The molecule has 6 nitrogen and oxygen atoms in total. The third-order valence-electron chi connectivity index (χ3n) is 2.69. The Bertz CT molecular complexity index is 605. The lowest BCUT2D eigenvalue weighted by Crippen LogP contribution is -2.05. The van der Waals surface area contributed by atoms with Crippen molar-refractivity contribution < 1.29 is 18.7 Å². The Kier molecular flexibility index (Phi) is 4.49. The van der Waals surface area contributed by atoms with Crippen LogP contribution in [0.5, 0.6) is 0 Å². The van der Waals surface area contributed by atoms with Crippen molar-refractivity contribution >= 4 is 17.7 Å². The SMILES string of the molecule is Cc1cc(-c2nnc(CSC(C)CC(=O)O)o2)c(C)o1. The van der Waals surface area contributed by atoms with Gasteiger partial charge in [-0.1, -0.05) is 6.92 Å². The summed E-state index contributed by atoms with van der Waals surface area (Å²) in [6.45, 7) is 5.56. The van der Waals surface area contributed by atoms with Crippen molar-refractivity contribution in [3.63, 3.8) is 0 Å². The number of nitrogens with zero attached hydrogens (tertiary/aromatic N) is 2. The van der Waals surface area contributed by atoms with Gasteiger partial charge >= 0.3 is 5.97 Å². The smallest absolute Gasteiger partial charge is 0.304 e. The molecule has 0 saturated heterocycles. The summed E-state index contributed by atoms with van der Waals surface area (Å²) >= 11 is 1.48. The molecule has 20 heavy (non-hydrogen) atoms. The molecule has 0 fully saturated rings. The van der Waals surface area contributed by atoms with Crippen LogP contribution in [0, 0.1) is 13.8 Å². The lowest BCUT2D eigenvalue weighted by atomic mass is 10.2. The largest absolute Gasteiger partial charge is 0.481 e. The van der Waals surface area contributed by atoms with Crippen molar-refractivity contribution in [1.29, 1.82) is 0 Å². The number of furan rings is 1. The predicted octanol–water partition coefficient (Wildman–Crippen LogP) is 3.04. The van der Waals surface area contributed by atoms with E-state index in [4.69, 9.17) is 13.9 Å². The Labute approximate surface area is 120 Å². The van der Waals surface area contributed by atoms with E-state index in [1.54, 1.807) is 0 Å². The molecule has 1 N–H and O–H groups in total. The number of thioether (sulfide) groups is 1. The summed E-state index contributed by atoms with van der Waals surface area (Å²) in [6, 6.07) is 1.85. The highest BCUT2D eigenvalue weighted by Crippen LogP contribution is 2.27. The topological polar surface area (TPSA) is 89.4 Å². The highest BCUT2D eigenvalue weighted by molar-refractivity contribution is 7.99. The standard InChI is InChI=1S/C13H16N2O4S/c1-7-4-10(9(3)18-7)13-15-14-11(19-13)6-20-8(2)5-12(16)17/h4,8H,5-6H2,1-3H3,(H,16,17). The molecule has 0 aliphatic heterocycles. The molecule has 2 aromatic heterocycles. The van der Waals surface area contributed by atoms with Crippen molar-refractivity contribution in [2.24, 2.45) is 0 Å². The van der Waals surface area contributed by atoms with E-state index in [-0.39, 0.29) is 11.7 Å². The minimum atomic E-state index is -0.805. The second-order valence-electron chi connectivity index (χ2n) is 4.55. The fourth-order valence-corrected chi connectivity index (χ4v) is 2.59. The van der Waals surface area contributed by atoms with E-state index in [0.717, 1.165) is 17.1 Å². The number of aliphatic carboxylic acids is 1. The van der Waals surface area contributed by atoms with E-state index in [2.05, 4.69) is 10.2 Å². The normalized spacial score (nSPS) is 12.6. The van der Waals surface area contributed by atoms with Crippen LogP contribution in [0.3, 0.4) is 0 Å². The molecular weight excluding hydrogens is 280 g/mol. The molecule has 0 spiro atoms. The van der Waals surface area contributed by atoms with E-state index in [1.807, 2.05) is 26.8 Å². The molecule has 108 valence electrons. The molecule has 2 aromatic rings. The van der Waals surface area contributed by atoms with Crippen LogP contribution in [0.4, 0.5) is 0 Å². The number of carboxylic acid groups (broad SMARTS) is 1. The highest BCUT2D eigenvalue weighted by Gasteiger charge is 2.15. The summed E-state index contributed by atoms with van der Waals surface area (Å²) in [5, 5.41) is 16.7. The molecule has 1 atom stereocenters.